The fourth-order valence-electron chi connectivity index (χ4n) is 2.22. The van der Waals surface area contributed by atoms with E-state index in [9.17, 15) is 5.11 Å². The van der Waals surface area contributed by atoms with E-state index in [2.05, 4.69) is 31.2 Å². The van der Waals surface area contributed by atoms with Crippen molar-refractivity contribution in [2.75, 3.05) is 0 Å². The van der Waals surface area contributed by atoms with E-state index in [-0.39, 0.29) is 0 Å². The summed E-state index contributed by atoms with van der Waals surface area (Å²) in [6.07, 6.45) is 1.37. The van der Waals surface area contributed by atoms with Crippen molar-refractivity contribution < 1.29 is 5.11 Å². The first-order valence-corrected chi connectivity index (χ1v) is 6.47. The molecule has 0 radical (unpaired) electrons. The first kappa shape index (κ1) is 12.8. The van der Waals surface area contributed by atoms with Gasteiger partial charge in [0.25, 0.3) is 0 Å². The van der Waals surface area contributed by atoms with Crippen LogP contribution in [0.4, 0.5) is 0 Å². The molecule has 0 saturated heterocycles. The van der Waals surface area contributed by atoms with E-state index >= 15 is 0 Å². The number of rotatable bonds is 4. The van der Waals surface area contributed by atoms with Gasteiger partial charge in [-0.15, -0.1) is 0 Å². The SMILES string of the molecule is CCC(O)(Cc1ccc(C)cc1)c1ccccc1. The summed E-state index contributed by atoms with van der Waals surface area (Å²) >= 11 is 0. The third-order valence-corrected chi connectivity index (χ3v) is 3.51. The molecule has 0 spiro atoms. The average Bonchev–Trinajstić information content (AvgIpc) is 2.42. The van der Waals surface area contributed by atoms with Crippen LogP contribution >= 0.6 is 0 Å². The summed E-state index contributed by atoms with van der Waals surface area (Å²) in [6.45, 7) is 4.11. The lowest BCUT2D eigenvalue weighted by molar-refractivity contribution is 0.0327. The molecule has 1 heteroatoms. The van der Waals surface area contributed by atoms with E-state index in [0.29, 0.717) is 12.8 Å². The van der Waals surface area contributed by atoms with Gasteiger partial charge in [0.2, 0.25) is 0 Å². The second-order valence-corrected chi connectivity index (χ2v) is 4.91. The minimum Gasteiger partial charge on any atom is -0.385 e. The molecular formula is C17H20O. The van der Waals surface area contributed by atoms with Gasteiger partial charge >= 0.3 is 0 Å². The lowest BCUT2D eigenvalue weighted by Gasteiger charge is -2.27. The van der Waals surface area contributed by atoms with Crippen molar-refractivity contribution in [1.82, 2.24) is 0 Å². The molecular weight excluding hydrogens is 220 g/mol. The Hall–Kier alpha value is -1.60. The van der Waals surface area contributed by atoms with Gasteiger partial charge in [0.05, 0.1) is 5.60 Å². The van der Waals surface area contributed by atoms with Crippen LogP contribution in [0.3, 0.4) is 0 Å². The molecule has 1 nitrogen and oxygen atoms in total. The van der Waals surface area contributed by atoms with Crippen LogP contribution in [0.1, 0.15) is 30.0 Å². The fraction of sp³-hybridized carbons (Fsp3) is 0.294. The maximum atomic E-state index is 10.8. The third-order valence-electron chi connectivity index (χ3n) is 3.51. The summed E-state index contributed by atoms with van der Waals surface area (Å²) in [4.78, 5) is 0. The molecule has 0 aromatic heterocycles. The van der Waals surface area contributed by atoms with E-state index in [1.54, 1.807) is 0 Å². The molecule has 2 aromatic carbocycles. The van der Waals surface area contributed by atoms with E-state index in [4.69, 9.17) is 0 Å². The van der Waals surface area contributed by atoms with Crippen LogP contribution < -0.4 is 0 Å². The maximum absolute atomic E-state index is 10.8. The number of hydrogen-bond acceptors (Lipinski definition) is 1. The summed E-state index contributed by atoms with van der Waals surface area (Å²) in [7, 11) is 0. The second kappa shape index (κ2) is 5.36. The standard InChI is InChI=1S/C17H20O/c1-3-17(18,16-7-5-4-6-8-16)13-15-11-9-14(2)10-12-15/h4-12,18H,3,13H2,1-2H3. The Kier molecular flexibility index (Phi) is 3.83. The van der Waals surface area contributed by atoms with Gasteiger partial charge in [-0.1, -0.05) is 67.1 Å². The van der Waals surface area contributed by atoms with E-state index in [1.807, 2.05) is 37.3 Å². The average molecular weight is 240 g/mol. The molecule has 2 rings (SSSR count). The number of benzene rings is 2. The maximum Gasteiger partial charge on any atom is 0.0934 e. The topological polar surface area (TPSA) is 20.2 Å². The quantitative estimate of drug-likeness (QED) is 0.861. The first-order chi connectivity index (χ1) is 8.64. The summed E-state index contributed by atoms with van der Waals surface area (Å²) in [5, 5.41) is 10.8. The van der Waals surface area contributed by atoms with Gasteiger partial charge in [-0.2, -0.15) is 0 Å². The van der Waals surface area contributed by atoms with Crippen LogP contribution in [0.15, 0.2) is 54.6 Å². The highest BCUT2D eigenvalue weighted by atomic mass is 16.3. The molecule has 18 heavy (non-hydrogen) atoms. The Morgan fingerprint density at radius 1 is 0.944 bits per heavy atom. The highest BCUT2D eigenvalue weighted by Crippen LogP contribution is 2.29. The van der Waals surface area contributed by atoms with Gasteiger partial charge in [-0.25, -0.2) is 0 Å². The molecule has 2 aromatic rings. The molecule has 0 bridgehead atoms. The highest BCUT2D eigenvalue weighted by molar-refractivity contribution is 5.28. The zero-order chi connectivity index (χ0) is 13.0. The molecule has 94 valence electrons. The van der Waals surface area contributed by atoms with Crippen molar-refractivity contribution in [2.45, 2.75) is 32.3 Å². The molecule has 0 aliphatic heterocycles. The Labute approximate surface area is 109 Å². The smallest absolute Gasteiger partial charge is 0.0934 e. The van der Waals surface area contributed by atoms with Gasteiger partial charge in [0.15, 0.2) is 0 Å². The lowest BCUT2D eigenvalue weighted by atomic mass is 9.85. The molecule has 1 N–H and O–H groups in total. The molecule has 1 unspecified atom stereocenters. The van der Waals surface area contributed by atoms with E-state index < -0.39 is 5.60 Å². The molecule has 0 heterocycles. The number of aliphatic hydroxyl groups is 1. The summed E-state index contributed by atoms with van der Waals surface area (Å²) < 4.78 is 0. The first-order valence-electron chi connectivity index (χ1n) is 6.47. The van der Waals surface area contributed by atoms with Crippen LogP contribution in [0.2, 0.25) is 0 Å². The largest absolute Gasteiger partial charge is 0.385 e. The van der Waals surface area contributed by atoms with Crippen molar-refractivity contribution in [3.05, 3.63) is 71.3 Å². The lowest BCUT2D eigenvalue weighted by Crippen LogP contribution is -2.27. The van der Waals surface area contributed by atoms with Crippen LogP contribution in [-0.2, 0) is 12.0 Å². The predicted octanol–water partition coefficient (Wildman–Crippen LogP) is 3.84. The predicted molar refractivity (Wildman–Crippen MR) is 75.5 cm³/mol. The molecule has 0 amide bonds. The normalized spacial score (nSPS) is 14.2. The number of hydrogen-bond donors (Lipinski definition) is 1. The van der Waals surface area contributed by atoms with Gasteiger partial charge in [-0.05, 0) is 24.5 Å². The van der Waals surface area contributed by atoms with Gasteiger partial charge in [-0.3, -0.25) is 0 Å². The van der Waals surface area contributed by atoms with Crippen molar-refractivity contribution in [1.29, 1.82) is 0 Å². The Bertz CT molecular complexity index is 487. The highest BCUT2D eigenvalue weighted by Gasteiger charge is 2.27. The van der Waals surface area contributed by atoms with Crippen molar-refractivity contribution in [3.63, 3.8) is 0 Å². The van der Waals surface area contributed by atoms with E-state index in [0.717, 1.165) is 5.56 Å². The zero-order valence-electron chi connectivity index (χ0n) is 11.1. The molecule has 1 atom stereocenters. The van der Waals surface area contributed by atoms with Crippen LogP contribution in [-0.4, -0.2) is 5.11 Å². The second-order valence-electron chi connectivity index (χ2n) is 4.91. The Morgan fingerprint density at radius 3 is 2.11 bits per heavy atom. The minimum absolute atomic E-state index is 0.661. The van der Waals surface area contributed by atoms with Crippen molar-refractivity contribution in [2.24, 2.45) is 0 Å². The zero-order valence-corrected chi connectivity index (χ0v) is 11.1. The molecule has 0 aliphatic rings. The Morgan fingerprint density at radius 2 is 1.56 bits per heavy atom. The van der Waals surface area contributed by atoms with E-state index in [1.165, 1.54) is 11.1 Å². The fourth-order valence-corrected chi connectivity index (χ4v) is 2.22. The molecule has 0 aliphatic carbocycles. The minimum atomic E-state index is -0.767. The van der Waals surface area contributed by atoms with Gasteiger partial charge in [0, 0.05) is 6.42 Å². The summed E-state index contributed by atoms with van der Waals surface area (Å²) in [5.41, 5.74) is 2.65. The summed E-state index contributed by atoms with van der Waals surface area (Å²) in [5.74, 6) is 0. The molecule has 0 saturated carbocycles. The molecule has 0 fully saturated rings. The van der Waals surface area contributed by atoms with Gasteiger partial charge < -0.3 is 5.11 Å². The van der Waals surface area contributed by atoms with Crippen LogP contribution in [0.25, 0.3) is 0 Å². The van der Waals surface area contributed by atoms with Crippen LogP contribution in [0.5, 0.6) is 0 Å². The Balaban J connectivity index is 2.26. The number of aryl methyl sites for hydroxylation is 1. The monoisotopic (exact) mass is 240 g/mol. The van der Waals surface area contributed by atoms with Crippen molar-refractivity contribution in [3.8, 4) is 0 Å². The van der Waals surface area contributed by atoms with Crippen LogP contribution in [0, 0.1) is 6.92 Å². The third kappa shape index (κ3) is 2.80. The summed E-state index contributed by atoms with van der Waals surface area (Å²) in [6, 6.07) is 18.3. The van der Waals surface area contributed by atoms with Crippen molar-refractivity contribution >= 4 is 0 Å². The van der Waals surface area contributed by atoms with Gasteiger partial charge in [0.1, 0.15) is 0 Å².